The largest absolute Gasteiger partial charge is 0.351 e. The van der Waals surface area contributed by atoms with Crippen molar-refractivity contribution in [3.63, 3.8) is 0 Å². The van der Waals surface area contributed by atoms with Gasteiger partial charge in [-0.05, 0) is 50.2 Å². The lowest BCUT2D eigenvalue weighted by Crippen LogP contribution is -2.42. The van der Waals surface area contributed by atoms with Crippen molar-refractivity contribution >= 4 is 11.7 Å². The summed E-state index contributed by atoms with van der Waals surface area (Å²) in [6.07, 6.45) is 0.935. The van der Waals surface area contributed by atoms with Crippen LogP contribution < -0.4 is 5.32 Å². The van der Waals surface area contributed by atoms with Gasteiger partial charge in [0.1, 0.15) is 17.5 Å². The lowest BCUT2D eigenvalue weighted by atomic mass is 9.88. The zero-order valence-electron chi connectivity index (χ0n) is 15.3. The highest BCUT2D eigenvalue weighted by Crippen LogP contribution is 2.23. The summed E-state index contributed by atoms with van der Waals surface area (Å²) in [4.78, 5) is 26.4. The zero-order valence-corrected chi connectivity index (χ0v) is 15.3. The smallest absolute Gasteiger partial charge is 0.234 e. The molecule has 7 heteroatoms. The summed E-state index contributed by atoms with van der Waals surface area (Å²) in [5.74, 6) is -2.76. The first kappa shape index (κ1) is 20.1. The van der Waals surface area contributed by atoms with Gasteiger partial charge in [-0.2, -0.15) is 0 Å². The first-order valence-corrected chi connectivity index (χ1v) is 9.16. The third-order valence-electron chi connectivity index (χ3n) is 4.95. The van der Waals surface area contributed by atoms with Crippen molar-refractivity contribution < 1.29 is 22.8 Å². The van der Waals surface area contributed by atoms with Gasteiger partial charge in [0, 0.05) is 18.0 Å². The van der Waals surface area contributed by atoms with E-state index >= 15 is 0 Å². The Morgan fingerprint density at radius 2 is 1.71 bits per heavy atom. The van der Waals surface area contributed by atoms with Crippen LogP contribution in [-0.2, 0) is 11.3 Å². The van der Waals surface area contributed by atoms with E-state index in [1.54, 1.807) is 18.2 Å². The Labute approximate surface area is 161 Å². The number of carbonyl (C=O) groups excluding carboxylic acids is 2. The summed E-state index contributed by atoms with van der Waals surface area (Å²) in [6.45, 7) is 1.25. The number of rotatable bonds is 6. The van der Waals surface area contributed by atoms with E-state index in [1.165, 1.54) is 6.07 Å². The molecule has 0 aromatic heterocycles. The molecule has 1 fully saturated rings. The summed E-state index contributed by atoms with van der Waals surface area (Å²) in [7, 11) is 0. The van der Waals surface area contributed by atoms with Crippen LogP contribution in [0.3, 0.4) is 0 Å². The number of piperidine rings is 1. The molecule has 148 valence electrons. The Bertz CT molecular complexity index is 864. The summed E-state index contributed by atoms with van der Waals surface area (Å²) >= 11 is 0. The van der Waals surface area contributed by atoms with Gasteiger partial charge in [-0.15, -0.1) is 0 Å². The Balaban J connectivity index is 1.47. The molecule has 1 amide bonds. The van der Waals surface area contributed by atoms with E-state index in [1.807, 2.05) is 4.90 Å². The average Bonchev–Trinajstić information content (AvgIpc) is 2.69. The number of nitrogens with zero attached hydrogens (tertiary/aromatic N) is 1. The Kier molecular flexibility index (Phi) is 6.46. The van der Waals surface area contributed by atoms with Crippen LogP contribution in [0.1, 0.15) is 28.8 Å². The summed E-state index contributed by atoms with van der Waals surface area (Å²) < 4.78 is 40.7. The van der Waals surface area contributed by atoms with Crippen LogP contribution >= 0.6 is 0 Å². The van der Waals surface area contributed by atoms with Crippen LogP contribution in [0.5, 0.6) is 0 Å². The maximum absolute atomic E-state index is 13.8. The number of amides is 1. The number of hydrogen-bond donors (Lipinski definition) is 1. The number of benzene rings is 2. The molecule has 3 rings (SSSR count). The highest BCUT2D eigenvalue weighted by molar-refractivity contribution is 5.98. The zero-order chi connectivity index (χ0) is 20.1. The van der Waals surface area contributed by atoms with Crippen LogP contribution in [0.2, 0.25) is 0 Å². The molecular weight excluding hydrogens is 369 g/mol. The number of nitrogens with one attached hydrogen (secondary N) is 1. The van der Waals surface area contributed by atoms with Gasteiger partial charge in [-0.1, -0.05) is 18.2 Å². The van der Waals surface area contributed by atoms with Crippen molar-refractivity contribution in [2.24, 2.45) is 5.92 Å². The monoisotopic (exact) mass is 390 g/mol. The van der Waals surface area contributed by atoms with Crippen LogP contribution in [0.15, 0.2) is 42.5 Å². The van der Waals surface area contributed by atoms with Gasteiger partial charge >= 0.3 is 0 Å². The molecule has 1 N–H and O–H groups in total. The Morgan fingerprint density at radius 3 is 2.43 bits per heavy atom. The van der Waals surface area contributed by atoms with Crippen molar-refractivity contribution in [1.82, 2.24) is 10.2 Å². The SMILES string of the molecule is O=C(CN1CCC(C(=O)c2cc(F)ccc2F)CC1)NCc1ccccc1F. The van der Waals surface area contributed by atoms with Gasteiger partial charge < -0.3 is 5.32 Å². The minimum absolute atomic E-state index is 0.110. The molecule has 0 spiro atoms. The fourth-order valence-corrected chi connectivity index (χ4v) is 3.35. The predicted molar refractivity (Wildman–Crippen MR) is 98.1 cm³/mol. The molecule has 1 saturated heterocycles. The quantitative estimate of drug-likeness (QED) is 0.770. The van der Waals surface area contributed by atoms with E-state index < -0.39 is 23.3 Å². The molecule has 4 nitrogen and oxygen atoms in total. The van der Waals surface area contributed by atoms with Crippen molar-refractivity contribution in [2.75, 3.05) is 19.6 Å². The Morgan fingerprint density at radius 1 is 1.00 bits per heavy atom. The highest BCUT2D eigenvalue weighted by atomic mass is 19.1. The lowest BCUT2D eigenvalue weighted by Gasteiger charge is -2.30. The lowest BCUT2D eigenvalue weighted by molar-refractivity contribution is -0.122. The van der Waals surface area contributed by atoms with Crippen LogP contribution in [0, 0.1) is 23.4 Å². The molecule has 28 heavy (non-hydrogen) atoms. The Hall–Kier alpha value is -2.67. The van der Waals surface area contributed by atoms with Gasteiger partial charge in [-0.25, -0.2) is 13.2 Å². The fourth-order valence-electron chi connectivity index (χ4n) is 3.35. The van der Waals surface area contributed by atoms with Crippen molar-refractivity contribution in [2.45, 2.75) is 19.4 Å². The maximum Gasteiger partial charge on any atom is 0.234 e. The second-order valence-electron chi connectivity index (χ2n) is 6.91. The molecule has 0 saturated carbocycles. The molecule has 0 bridgehead atoms. The van der Waals surface area contributed by atoms with Gasteiger partial charge in [0.05, 0.1) is 12.1 Å². The summed E-state index contributed by atoms with van der Waals surface area (Å²) in [6, 6.07) is 9.10. The van der Waals surface area contributed by atoms with Crippen LogP contribution in [0.25, 0.3) is 0 Å². The standard InChI is InChI=1S/C21H21F3N2O2/c22-16-5-6-19(24)17(11-16)21(28)14-7-9-26(10-8-14)13-20(27)25-12-15-3-1-2-4-18(15)23/h1-6,11,14H,7-10,12-13H2,(H,25,27). The molecule has 0 aliphatic carbocycles. The molecule has 0 unspecified atom stereocenters. The third-order valence-corrected chi connectivity index (χ3v) is 4.95. The molecule has 1 aliphatic rings. The second-order valence-corrected chi connectivity index (χ2v) is 6.91. The van der Waals surface area contributed by atoms with E-state index in [2.05, 4.69) is 5.32 Å². The summed E-state index contributed by atoms with van der Waals surface area (Å²) in [5, 5.41) is 2.68. The number of ketones is 1. The molecule has 1 aliphatic heterocycles. The minimum Gasteiger partial charge on any atom is -0.351 e. The van der Waals surface area contributed by atoms with Crippen LogP contribution in [-0.4, -0.2) is 36.2 Å². The number of Topliss-reactive ketones (excluding diaryl/α,β-unsaturated/α-hetero) is 1. The second kappa shape index (κ2) is 9.01. The average molecular weight is 390 g/mol. The first-order valence-electron chi connectivity index (χ1n) is 9.16. The van der Waals surface area contributed by atoms with Gasteiger partial charge in [-0.3, -0.25) is 14.5 Å². The topological polar surface area (TPSA) is 49.4 Å². The number of halogens is 3. The third kappa shape index (κ3) is 4.98. The molecule has 1 heterocycles. The van der Waals surface area contributed by atoms with E-state index in [9.17, 15) is 22.8 Å². The van der Waals surface area contributed by atoms with Gasteiger partial charge in [0.25, 0.3) is 0 Å². The normalized spacial score (nSPS) is 15.4. The van der Waals surface area contributed by atoms with Crippen molar-refractivity contribution in [3.05, 3.63) is 71.0 Å². The maximum atomic E-state index is 13.8. The highest BCUT2D eigenvalue weighted by Gasteiger charge is 2.28. The van der Waals surface area contributed by atoms with Gasteiger partial charge in [0.2, 0.25) is 5.91 Å². The molecule has 0 radical (unpaired) electrons. The molecule has 2 aromatic rings. The number of hydrogen-bond acceptors (Lipinski definition) is 3. The van der Waals surface area contributed by atoms with Gasteiger partial charge in [0.15, 0.2) is 5.78 Å². The van der Waals surface area contributed by atoms with E-state index in [0.717, 1.165) is 18.2 Å². The predicted octanol–water partition coefficient (Wildman–Crippen LogP) is 3.32. The fraction of sp³-hybridized carbons (Fsp3) is 0.333. The number of carbonyl (C=O) groups is 2. The minimum atomic E-state index is -0.721. The number of likely N-dealkylation sites (tertiary alicyclic amines) is 1. The molecular formula is C21H21F3N2O2. The summed E-state index contributed by atoms with van der Waals surface area (Å²) in [5.41, 5.74) is 0.193. The van der Waals surface area contributed by atoms with E-state index in [4.69, 9.17) is 0 Å². The van der Waals surface area contributed by atoms with Crippen LogP contribution in [0.4, 0.5) is 13.2 Å². The van der Waals surface area contributed by atoms with Crippen molar-refractivity contribution in [1.29, 1.82) is 0 Å². The van der Waals surface area contributed by atoms with E-state index in [-0.39, 0.29) is 30.4 Å². The molecule has 0 atom stereocenters. The first-order chi connectivity index (χ1) is 13.4. The molecule has 2 aromatic carbocycles. The van der Waals surface area contributed by atoms with E-state index in [0.29, 0.717) is 31.5 Å². The van der Waals surface area contributed by atoms with Crippen molar-refractivity contribution in [3.8, 4) is 0 Å².